The highest BCUT2D eigenvalue weighted by molar-refractivity contribution is 5.56. The maximum absolute atomic E-state index is 9.03. The smallest absolute Gasteiger partial charge is 0.148 e. The van der Waals surface area contributed by atoms with Gasteiger partial charge in [0.1, 0.15) is 17.7 Å². The number of hydrogen-bond acceptors (Lipinski definition) is 4. The second-order valence-corrected chi connectivity index (χ2v) is 3.51. The first-order valence-corrected chi connectivity index (χ1v) is 4.82. The standard InChI is InChI=1S/C11H11N5/c1-7-14-8(2)16(15-7)11-4-3-10(13)5-9(11)6-12/h3-5H,13H2,1-2H3. The molecule has 5 nitrogen and oxygen atoms in total. The van der Waals surface area contributed by atoms with E-state index in [1.54, 1.807) is 22.9 Å². The van der Waals surface area contributed by atoms with E-state index in [4.69, 9.17) is 11.0 Å². The molecule has 0 radical (unpaired) electrons. The van der Waals surface area contributed by atoms with Crippen LogP contribution in [0.15, 0.2) is 18.2 Å². The van der Waals surface area contributed by atoms with E-state index in [9.17, 15) is 0 Å². The predicted octanol–water partition coefficient (Wildman–Crippen LogP) is 1.34. The highest BCUT2D eigenvalue weighted by Gasteiger charge is 2.09. The molecular weight excluding hydrogens is 202 g/mol. The van der Waals surface area contributed by atoms with Gasteiger partial charge in [0, 0.05) is 5.69 Å². The van der Waals surface area contributed by atoms with Crippen molar-refractivity contribution in [1.29, 1.82) is 5.26 Å². The second kappa shape index (κ2) is 3.66. The van der Waals surface area contributed by atoms with Crippen molar-refractivity contribution in [2.24, 2.45) is 0 Å². The summed E-state index contributed by atoms with van der Waals surface area (Å²) in [5, 5.41) is 13.3. The normalized spacial score (nSPS) is 10.1. The molecule has 0 spiro atoms. The van der Waals surface area contributed by atoms with Gasteiger partial charge >= 0.3 is 0 Å². The SMILES string of the molecule is Cc1nc(C)n(-c2ccc(N)cc2C#N)n1. The van der Waals surface area contributed by atoms with Crippen molar-refractivity contribution in [3.05, 3.63) is 35.4 Å². The van der Waals surface area contributed by atoms with Gasteiger partial charge in [0.2, 0.25) is 0 Å². The molecule has 0 bridgehead atoms. The summed E-state index contributed by atoms with van der Waals surface area (Å²) in [6.07, 6.45) is 0. The zero-order valence-corrected chi connectivity index (χ0v) is 9.10. The molecule has 2 N–H and O–H groups in total. The van der Waals surface area contributed by atoms with Crippen molar-refractivity contribution in [3.63, 3.8) is 0 Å². The Balaban J connectivity index is 2.65. The van der Waals surface area contributed by atoms with Gasteiger partial charge in [-0.3, -0.25) is 0 Å². The molecule has 0 saturated carbocycles. The molecule has 1 aromatic carbocycles. The van der Waals surface area contributed by atoms with Gasteiger partial charge in [0.05, 0.1) is 11.3 Å². The van der Waals surface area contributed by atoms with Crippen LogP contribution in [-0.2, 0) is 0 Å². The number of aryl methyl sites for hydroxylation is 2. The van der Waals surface area contributed by atoms with Crippen LogP contribution in [0.3, 0.4) is 0 Å². The lowest BCUT2D eigenvalue weighted by Crippen LogP contribution is -2.02. The highest BCUT2D eigenvalue weighted by atomic mass is 15.3. The van der Waals surface area contributed by atoms with Crippen LogP contribution >= 0.6 is 0 Å². The quantitative estimate of drug-likeness (QED) is 0.725. The first kappa shape index (κ1) is 10.2. The van der Waals surface area contributed by atoms with Crippen molar-refractivity contribution in [3.8, 4) is 11.8 Å². The van der Waals surface area contributed by atoms with E-state index < -0.39 is 0 Å². The van der Waals surface area contributed by atoms with Gasteiger partial charge in [0.15, 0.2) is 0 Å². The van der Waals surface area contributed by atoms with Gasteiger partial charge in [0.25, 0.3) is 0 Å². The first-order chi connectivity index (χ1) is 7.61. The molecule has 0 saturated heterocycles. The molecule has 0 fully saturated rings. The third-order valence-corrected chi connectivity index (χ3v) is 2.24. The van der Waals surface area contributed by atoms with Crippen LogP contribution in [0.5, 0.6) is 0 Å². The number of nitrogens with two attached hydrogens (primary N) is 1. The largest absolute Gasteiger partial charge is 0.399 e. The Bertz CT molecular complexity index is 577. The first-order valence-electron chi connectivity index (χ1n) is 4.82. The van der Waals surface area contributed by atoms with Crippen LogP contribution in [0.2, 0.25) is 0 Å². The van der Waals surface area contributed by atoms with Gasteiger partial charge < -0.3 is 5.73 Å². The lowest BCUT2D eigenvalue weighted by atomic mass is 10.2. The Morgan fingerprint density at radius 2 is 2.12 bits per heavy atom. The second-order valence-electron chi connectivity index (χ2n) is 3.51. The average molecular weight is 213 g/mol. The summed E-state index contributed by atoms with van der Waals surface area (Å²) >= 11 is 0. The number of aromatic nitrogens is 3. The van der Waals surface area contributed by atoms with E-state index in [0.29, 0.717) is 22.8 Å². The average Bonchev–Trinajstić information content (AvgIpc) is 2.57. The van der Waals surface area contributed by atoms with Crippen LogP contribution in [0.1, 0.15) is 17.2 Å². The Kier molecular flexibility index (Phi) is 2.33. The Hall–Kier alpha value is -2.35. The molecule has 80 valence electrons. The topological polar surface area (TPSA) is 80.5 Å². The Morgan fingerprint density at radius 1 is 1.38 bits per heavy atom. The van der Waals surface area contributed by atoms with Crippen molar-refractivity contribution < 1.29 is 0 Å². The van der Waals surface area contributed by atoms with Crippen molar-refractivity contribution in [1.82, 2.24) is 14.8 Å². The fraction of sp³-hybridized carbons (Fsp3) is 0.182. The summed E-state index contributed by atoms with van der Waals surface area (Å²) in [6.45, 7) is 3.66. The van der Waals surface area contributed by atoms with Gasteiger partial charge in [-0.15, -0.1) is 0 Å². The number of rotatable bonds is 1. The zero-order chi connectivity index (χ0) is 11.7. The molecule has 0 amide bonds. The van der Waals surface area contributed by atoms with Crippen molar-refractivity contribution >= 4 is 5.69 Å². The Labute approximate surface area is 93.1 Å². The number of benzene rings is 1. The maximum atomic E-state index is 9.03. The number of hydrogen-bond donors (Lipinski definition) is 1. The minimum Gasteiger partial charge on any atom is -0.399 e. The summed E-state index contributed by atoms with van der Waals surface area (Å²) in [4.78, 5) is 4.20. The van der Waals surface area contributed by atoms with Crippen molar-refractivity contribution in [2.75, 3.05) is 5.73 Å². The van der Waals surface area contributed by atoms with E-state index >= 15 is 0 Å². The van der Waals surface area contributed by atoms with E-state index in [2.05, 4.69) is 16.2 Å². The summed E-state index contributed by atoms with van der Waals surface area (Å²) in [5.41, 5.74) is 7.39. The van der Waals surface area contributed by atoms with E-state index in [0.717, 1.165) is 5.82 Å². The molecule has 5 heteroatoms. The number of anilines is 1. The minimum absolute atomic E-state index is 0.494. The number of nitrogen functional groups attached to an aromatic ring is 1. The molecule has 0 atom stereocenters. The molecule has 16 heavy (non-hydrogen) atoms. The monoisotopic (exact) mass is 213 g/mol. The van der Waals surface area contributed by atoms with Gasteiger partial charge in [-0.05, 0) is 32.0 Å². The minimum atomic E-state index is 0.494. The fourth-order valence-corrected chi connectivity index (χ4v) is 1.58. The number of nitriles is 1. The Morgan fingerprint density at radius 3 is 2.69 bits per heavy atom. The van der Waals surface area contributed by atoms with E-state index in [-0.39, 0.29) is 0 Å². The molecule has 2 aromatic rings. The highest BCUT2D eigenvalue weighted by Crippen LogP contribution is 2.17. The lowest BCUT2D eigenvalue weighted by molar-refractivity contribution is 0.829. The summed E-state index contributed by atoms with van der Waals surface area (Å²) in [7, 11) is 0. The molecule has 1 aromatic heterocycles. The van der Waals surface area contributed by atoms with Gasteiger partial charge in [-0.25, -0.2) is 9.67 Å². The molecule has 0 aliphatic carbocycles. The third kappa shape index (κ3) is 1.61. The summed E-state index contributed by atoms with van der Waals surface area (Å²) in [5.74, 6) is 1.43. The molecule has 1 heterocycles. The molecule has 0 unspecified atom stereocenters. The van der Waals surface area contributed by atoms with Crippen LogP contribution in [-0.4, -0.2) is 14.8 Å². The zero-order valence-electron chi connectivity index (χ0n) is 9.10. The number of nitrogens with zero attached hydrogens (tertiary/aromatic N) is 4. The van der Waals surface area contributed by atoms with Crippen LogP contribution in [0, 0.1) is 25.2 Å². The lowest BCUT2D eigenvalue weighted by Gasteiger charge is -2.05. The summed E-state index contributed by atoms with van der Waals surface area (Å²) < 4.78 is 1.65. The molecular formula is C11H11N5. The van der Waals surface area contributed by atoms with E-state index in [1.165, 1.54) is 0 Å². The molecule has 2 rings (SSSR count). The molecule has 0 aliphatic rings. The van der Waals surface area contributed by atoms with Crippen LogP contribution < -0.4 is 5.73 Å². The maximum Gasteiger partial charge on any atom is 0.148 e. The van der Waals surface area contributed by atoms with Gasteiger partial charge in [-0.2, -0.15) is 10.4 Å². The van der Waals surface area contributed by atoms with Crippen LogP contribution in [0.4, 0.5) is 5.69 Å². The third-order valence-electron chi connectivity index (χ3n) is 2.24. The fourth-order valence-electron chi connectivity index (χ4n) is 1.58. The van der Waals surface area contributed by atoms with Gasteiger partial charge in [-0.1, -0.05) is 0 Å². The van der Waals surface area contributed by atoms with E-state index in [1.807, 2.05) is 13.8 Å². The summed E-state index contributed by atoms with van der Waals surface area (Å²) in [6, 6.07) is 7.25. The predicted molar refractivity (Wildman–Crippen MR) is 60.0 cm³/mol. The van der Waals surface area contributed by atoms with Crippen LogP contribution in [0.25, 0.3) is 5.69 Å². The molecule has 0 aliphatic heterocycles. The van der Waals surface area contributed by atoms with Crippen molar-refractivity contribution in [2.45, 2.75) is 13.8 Å².